The van der Waals surface area contributed by atoms with Crippen molar-refractivity contribution in [2.24, 2.45) is 5.92 Å². The van der Waals surface area contributed by atoms with Crippen LogP contribution >= 0.6 is 11.6 Å². The number of hydrogen-bond acceptors (Lipinski definition) is 3. The number of hydrogen-bond donors (Lipinski definition) is 2. The van der Waals surface area contributed by atoms with Crippen LogP contribution in [0, 0.1) is 5.92 Å². The Kier molecular flexibility index (Phi) is 7.06. The third-order valence-corrected chi connectivity index (χ3v) is 3.57. The highest BCUT2D eigenvalue weighted by molar-refractivity contribution is 6.31. The predicted molar refractivity (Wildman–Crippen MR) is 79.2 cm³/mol. The van der Waals surface area contributed by atoms with Crippen molar-refractivity contribution in [3.05, 3.63) is 22.8 Å². The second-order valence-corrected chi connectivity index (χ2v) is 4.91. The van der Waals surface area contributed by atoms with Gasteiger partial charge in [0.1, 0.15) is 5.82 Å². The van der Waals surface area contributed by atoms with Crippen LogP contribution < -0.4 is 10.6 Å². The normalized spacial score (nSPS) is 10.9. The molecule has 1 heterocycles. The minimum absolute atomic E-state index is 0.708. The van der Waals surface area contributed by atoms with Crippen LogP contribution in [0.2, 0.25) is 5.02 Å². The van der Waals surface area contributed by atoms with Crippen molar-refractivity contribution in [1.82, 2.24) is 10.3 Å². The lowest BCUT2D eigenvalue weighted by Crippen LogP contribution is -2.15. The molecule has 0 unspecified atom stereocenters. The molecule has 0 saturated carbocycles. The molecular formula is C14H24ClN3. The molecule has 0 aromatic carbocycles. The molecule has 2 N–H and O–H groups in total. The van der Waals surface area contributed by atoms with E-state index in [1.165, 1.54) is 12.8 Å². The van der Waals surface area contributed by atoms with Gasteiger partial charge in [0.15, 0.2) is 0 Å². The molecule has 3 nitrogen and oxygen atoms in total. The van der Waals surface area contributed by atoms with Crippen LogP contribution in [0.25, 0.3) is 0 Å². The van der Waals surface area contributed by atoms with E-state index >= 15 is 0 Å². The van der Waals surface area contributed by atoms with E-state index in [-0.39, 0.29) is 0 Å². The average Bonchev–Trinajstić information content (AvgIpc) is 2.40. The number of halogens is 1. The SMILES string of the molecule is CCNCc1cc(NCC(CC)CC)ncc1Cl. The third-order valence-electron chi connectivity index (χ3n) is 3.23. The molecule has 0 aliphatic heterocycles. The zero-order chi connectivity index (χ0) is 13.4. The summed E-state index contributed by atoms with van der Waals surface area (Å²) in [4.78, 5) is 4.32. The standard InChI is InChI=1S/C14H24ClN3/c1-4-11(5-2)8-17-14-7-12(9-16-6-3)13(15)10-18-14/h7,10-11,16H,4-6,8-9H2,1-3H3,(H,17,18). The van der Waals surface area contributed by atoms with Crippen LogP contribution in [0.15, 0.2) is 12.3 Å². The summed E-state index contributed by atoms with van der Waals surface area (Å²) in [6.07, 6.45) is 4.12. The summed E-state index contributed by atoms with van der Waals surface area (Å²) >= 11 is 6.12. The fourth-order valence-electron chi connectivity index (χ4n) is 1.80. The first-order valence-corrected chi connectivity index (χ1v) is 7.18. The maximum atomic E-state index is 6.12. The molecule has 18 heavy (non-hydrogen) atoms. The molecule has 0 aliphatic carbocycles. The Hall–Kier alpha value is -0.800. The first-order chi connectivity index (χ1) is 8.71. The maximum absolute atomic E-state index is 6.12. The number of aromatic nitrogens is 1. The first kappa shape index (κ1) is 15.3. The van der Waals surface area contributed by atoms with E-state index in [0.29, 0.717) is 5.92 Å². The Balaban J connectivity index is 2.60. The molecule has 0 bridgehead atoms. The van der Waals surface area contributed by atoms with Gasteiger partial charge in [0.05, 0.1) is 5.02 Å². The molecule has 1 aromatic heterocycles. The van der Waals surface area contributed by atoms with Crippen molar-refractivity contribution in [3.8, 4) is 0 Å². The van der Waals surface area contributed by atoms with Crippen molar-refractivity contribution < 1.29 is 0 Å². The lowest BCUT2D eigenvalue weighted by atomic mass is 10.0. The van der Waals surface area contributed by atoms with Gasteiger partial charge in [0.2, 0.25) is 0 Å². The number of nitrogens with zero attached hydrogens (tertiary/aromatic N) is 1. The molecule has 0 atom stereocenters. The van der Waals surface area contributed by atoms with E-state index in [9.17, 15) is 0 Å². The molecule has 0 amide bonds. The van der Waals surface area contributed by atoms with Crippen LogP contribution in [0.4, 0.5) is 5.82 Å². The maximum Gasteiger partial charge on any atom is 0.126 e. The van der Waals surface area contributed by atoms with Crippen LogP contribution in [0.1, 0.15) is 39.2 Å². The van der Waals surface area contributed by atoms with Gasteiger partial charge < -0.3 is 10.6 Å². The lowest BCUT2D eigenvalue weighted by molar-refractivity contribution is 0.518. The molecule has 1 rings (SSSR count). The zero-order valence-electron chi connectivity index (χ0n) is 11.6. The second-order valence-electron chi connectivity index (χ2n) is 4.50. The zero-order valence-corrected chi connectivity index (χ0v) is 12.3. The van der Waals surface area contributed by atoms with Crippen molar-refractivity contribution in [1.29, 1.82) is 0 Å². The average molecular weight is 270 g/mol. The van der Waals surface area contributed by atoms with Gasteiger partial charge in [-0.3, -0.25) is 0 Å². The molecule has 0 radical (unpaired) electrons. The van der Waals surface area contributed by atoms with Crippen LogP contribution in [0.3, 0.4) is 0 Å². The van der Waals surface area contributed by atoms with E-state index in [1.54, 1.807) is 6.20 Å². The molecule has 102 valence electrons. The van der Waals surface area contributed by atoms with Crippen LogP contribution in [0.5, 0.6) is 0 Å². The minimum atomic E-state index is 0.708. The summed E-state index contributed by atoms with van der Waals surface area (Å²) in [7, 11) is 0. The highest BCUT2D eigenvalue weighted by atomic mass is 35.5. The Labute approximate surface area is 115 Å². The van der Waals surface area contributed by atoms with E-state index in [2.05, 4.69) is 36.4 Å². The number of rotatable bonds is 8. The number of pyridine rings is 1. The highest BCUT2D eigenvalue weighted by Gasteiger charge is 2.06. The van der Waals surface area contributed by atoms with Gasteiger partial charge >= 0.3 is 0 Å². The second kappa shape index (κ2) is 8.33. The smallest absolute Gasteiger partial charge is 0.126 e. The fraction of sp³-hybridized carbons (Fsp3) is 0.643. The van der Waals surface area contributed by atoms with Gasteiger partial charge in [-0.15, -0.1) is 0 Å². The lowest BCUT2D eigenvalue weighted by Gasteiger charge is -2.14. The van der Waals surface area contributed by atoms with Crippen LogP contribution in [-0.2, 0) is 6.54 Å². The monoisotopic (exact) mass is 269 g/mol. The fourth-order valence-corrected chi connectivity index (χ4v) is 1.97. The summed E-state index contributed by atoms with van der Waals surface area (Å²) in [6, 6.07) is 2.04. The molecule has 0 spiro atoms. The van der Waals surface area contributed by atoms with Gasteiger partial charge in [0, 0.05) is 19.3 Å². The molecule has 0 saturated heterocycles. The Bertz CT molecular complexity index is 351. The van der Waals surface area contributed by atoms with E-state index in [4.69, 9.17) is 11.6 Å². The quantitative estimate of drug-likeness (QED) is 0.756. The van der Waals surface area contributed by atoms with E-state index < -0.39 is 0 Å². The molecule has 0 fully saturated rings. The predicted octanol–water partition coefficient (Wildman–Crippen LogP) is 3.69. The minimum Gasteiger partial charge on any atom is -0.370 e. The largest absolute Gasteiger partial charge is 0.370 e. The molecular weight excluding hydrogens is 246 g/mol. The van der Waals surface area contributed by atoms with Gasteiger partial charge in [-0.1, -0.05) is 45.2 Å². The van der Waals surface area contributed by atoms with Gasteiger partial charge in [-0.2, -0.15) is 0 Å². The van der Waals surface area contributed by atoms with Gasteiger partial charge in [-0.25, -0.2) is 4.98 Å². The molecule has 1 aromatic rings. The van der Waals surface area contributed by atoms with Crippen molar-refractivity contribution in [2.45, 2.75) is 40.2 Å². The van der Waals surface area contributed by atoms with E-state index in [1.807, 2.05) is 6.07 Å². The Morgan fingerprint density at radius 2 is 2.00 bits per heavy atom. The number of nitrogens with one attached hydrogen (secondary N) is 2. The topological polar surface area (TPSA) is 37.0 Å². The van der Waals surface area contributed by atoms with Gasteiger partial charge in [-0.05, 0) is 24.1 Å². The molecule has 4 heteroatoms. The third kappa shape index (κ3) is 4.83. The van der Waals surface area contributed by atoms with Gasteiger partial charge in [0.25, 0.3) is 0 Å². The van der Waals surface area contributed by atoms with Crippen molar-refractivity contribution in [3.63, 3.8) is 0 Å². The Morgan fingerprint density at radius 3 is 2.61 bits per heavy atom. The summed E-state index contributed by atoms with van der Waals surface area (Å²) in [5, 5.41) is 7.40. The van der Waals surface area contributed by atoms with E-state index in [0.717, 1.165) is 36.0 Å². The van der Waals surface area contributed by atoms with Crippen LogP contribution in [-0.4, -0.2) is 18.1 Å². The summed E-state index contributed by atoms with van der Waals surface area (Å²) in [5.74, 6) is 1.62. The molecule has 0 aliphatic rings. The highest BCUT2D eigenvalue weighted by Crippen LogP contribution is 2.18. The Morgan fingerprint density at radius 1 is 1.28 bits per heavy atom. The van der Waals surface area contributed by atoms with Crippen molar-refractivity contribution >= 4 is 17.4 Å². The summed E-state index contributed by atoms with van der Waals surface area (Å²) < 4.78 is 0. The first-order valence-electron chi connectivity index (χ1n) is 6.80. The van der Waals surface area contributed by atoms with Crippen molar-refractivity contribution in [2.75, 3.05) is 18.4 Å². The summed E-state index contributed by atoms with van der Waals surface area (Å²) in [5.41, 5.74) is 1.10. The number of anilines is 1. The summed E-state index contributed by atoms with van der Waals surface area (Å²) in [6.45, 7) is 9.24.